The average Bonchev–Trinajstić information content (AvgIpc) is 3.03. The summed E-state index contributed by atoms with van der Waals surface area (Å²) >= 11 is 0. The minimum absolute atomic E-state index is 0.0308. The molecule has 2 aromatic carbocycles. The van der Waals surface area contributed by atoms with E-state index < -0.39 is 0 Å². The third kappa shape index (κ3) is 3.65. The summed E-state index contributed by atoms with van der Waals surface area (Å²) in [4.78, 5) is 14.3. The molecule has 0 saturated carbocycles. The fraction of sp³-hybridized carbons (Fsp3) is 0.300. The number of anilines is 1. The SMILES string of the molecule is CC1=NN(c2ccc(C(=O)N(C)Cc3ccc(C)cc3)cc2)CC1. The van der Waals surface area contributed by atoms with Crippen LogP contribution in [0.15, 0.2) is 53.6 Å². The minimum atomic E-state index is 0.0308. The Kier molecular flexibility index (Phi) is 4.65. The van der Waals surface area contributed by atoms with Gasteiger partial charge in [0.25, 0.3) is 5.91 Å². The highest BCUT2D eigenvalue weighted by Gasteiger charge is 2.15. The van der Waals surface area contributed by atoms with Crippen molar-refractivity contribution in [3.05, 3.63) is 65.2 Å². The highest BCUT2D eigenvalue weighted by Crippen LogP contribution is 2.20. The van der Waals surface area contributed by atoms with Gasteiger partial charge in [0.2, 0.25) is 0 Å². The molecule has 0 bridgehead atoms. The average molecular weight is 321 g/mol. The van der Waals surface area contributed by atoms with E-state index in [2.05, 4.69) is 36.3 Å². The molecule has 0 saturated heterocycles. The van der Waals surface area contributed by atoms with Crippen LogP contribution in [0.5, 0.6) is 0 Å². The van der Waals surface area contributed by atoms with E-state index in [1.54, 1.807) is 4.90 Å². The molecular weight excluding hydrogens is 298 g/mol. The summed E-state index contributed by atoms with van der Waals surface area (Å²) in [6.45, 7) is 5.62. The third-order valence-electron chi connectivity index (χ3n) is 4.28. The highest BCUT2D eigenvalue weighted by atomic mass is 16.2. The van der Waals surface area contributed by atoms with Crippen molar-refractivity contribution < 1.29 is 4.79 Å². The van der Waals surface area contributed by atoms with Crippen molar-refractivity contribution in [3.8, 4) is 0 Å². The van der Waals surface area contributed by atoms with Crippen LogP contribution in [-0.4, -0.2) is 30.1 Å². The Hall–Kier alpha value is -2.62. The van der Waals surface area contributed by atoms with Gasteiger partial charge >= 0.3 is 0 Å². The summed E-state index contributed by atoms with van der Waals surface area (Å²) in [5.74, 6) is 0.0308. The molecule has 0 radical (unpaired) electrons. The number of amides is 1. The van der Waals surface area contributed by atoms with Crippen LogP contribution in [0, 0.1) is 6.92 Å². The van der Waals surface area contributed by atoms with Crippen molar-refractivity contribution in [2.75, 3.05) is 18.6 Å². The lowest BCUT2D eigenvalue weighted by atomic mass is 10.1. The fourth-order valence-electron chi connectivity index (χ4n) is 2.80. The van der Waals surface area contributed by atoms with Gasteiger partial charge in [-0.2, -0.15) is 5.10 Å². The maximum absolute atomic E-state index is 12.6. The van der Waals surface area contributed by atoms with Gasteiger partial charge in [-0.1, -0.05) is 29.8 Å². The number of rotatable bonds is 4. The molecule has 1 amide bonds. The number of hydrazone groups is 1. The number of hydrogen-bond donors (Lipinski definition) is 0. The van der Waals surface area contributed by atoms with Crippen LogP contribution in [0.3, 0.4) is 0 Å². The monoisotopic (exact) mass is 321 g/mol. The normalized spacial score (nSPS) is 13.8. The van der Waals surface area contributed by atoms with Crippen LogP contribution < -0.4 is 5.01 Å². The predicted molar refractivity (Wildman–Crippen MR) is 98.5 cm³/mol. The first-order valence-electron chi connectivity index (χ1n) is 8.25. The summed E-state index contributed by atoms with van der Waals surface area (Å²) in [5, 5.41) is 6.47. The maximum atomic E-state index is 12.6. The summed E-state index contributed by atoms with van der Waals surface area (Å²) in [7, 11) is 1.84. The first-order chi connectivity index (χ1) is 11.5. The van der Waals surface area contributed by atoms with E-state index in [1.807, 2.05) is 43.2 Å². The molecule has 1 heterocycles. The second-order valence-corrected chi connectivity index (χ2v) is 6.40. The molecule has 4 nitrogen and oxygen atoms in total. The number of hydrogen-bond acceptors (Lipinski definition) is 3. The van der Waals surface area contributed by atoms with Gasteiger partial charge in [0.15, 0.2) is 0 Å². The van der Waals surface area contributed by atoms with Gasteiger partial charge in [-0.15, -0.1) is 0 Å². The minimum Gasteiger partial charge on any atom is -0.337 e. The summed E-state index contributed by atoms with van der Waals surface area (Å²) in [5.41, 5.74) is 5.24. The summed E-state index contributed by atoms with van der Waals surface area (Å²) in [6, 6.07) is 16.0. The third-order valence-corrected chi connectivity index (χ3v) is 4.28. The van der Waals surface area contributed by atoms with Gasteiger partial charge in [0, 0.05) is 37.8 Å². The topological polar surface area (TPSA) is 35.9 Å². The molecular formula is C20H23N3O. The Bertz CT molecular complexity index is 747. The molecule has 24 heavy (non-hydrogen) atoms. The van der Waals surface area contributed by atoms with E-state index >= 15 is 0 Å². The van der Waals surface area contributed by atoms with E-state index in [-0.39, 0.29) is 5.91 Å². The Labute approximate surface area is 143 Å². The van der Waals surface area contributed by atoms with Crippen LogP contribution >= 0.6 is 0 Å². The molecule has 0 spiro atoms. The first-order valence-corrected chi connectivity index (χ1v) is 8.25. The summed E-state index contributed by atoms with van der Waals surface area (Å²) in [6.07, 6.45) is 1.000. The Morgan fingerprint density at radius 3 is 2.33 bits per heavy atom. The van der Waals surface area contributed by atoms with Crippen LogP contribution in [0.4, 0.5) is 5.69 Å². The van der Waals surface area contributed by atoms with Gasteiger partial charge in [0.1, 0.15) is 0 Å². The van der Waals surface area contributed by atoms with Gasteiger partial charge in [-0.25, -0.2) is 0 Å². The highest BCUT2D eigenvalue weighted by molar-refractivity contribution is 5.94. The van der Waals surface area contributed by atoms with Crippen molar-refractivity contribution in [1.29, 1.82) is 0 Å². The largest absolute Gasteiger partial charge is 0.337 e. The quantitative estimate of drug-likeness (QED) is 0.857. The van der Waals surface area contributed by atoms with E-state index in [9.17, 15) is 4.79 Å². The number of carbonyl (C=O) groups excluding carboxylic acids is 1. The second-order valence-electron chi connectivity index (χ2n) is 6.40. The smallest absolute Gasteiger partial charge is 0.253 e. The molecule has 0 fully saturated rings. The standard InChI is InChI=1S/C20H23N3O/c1-15-4-6-17(7-5-15)14-22(3)20(24)18-8-10-19(11-9-18)23-13-12-16(2)21-23/h4-11H,12-14H2,1-3H3. The zero-order valence-electron chi connectivity index (χ0n) is 14.5. The number of nitrogens with zero attached hydrogens (tertiary/aromatic N) is 3. The van der Waals surface area contributed by atoms with Gasteiger partial charge in [-0.05, 0) is 43.7 Å². The van der Waals surface area contributed by atoms with Crippen molar-refractivity contribution in [2.24, 2.45) is 5.10 Å². The van der Waals surface area contributed by atoms with E-state index in [1.165, 1.54) is 5.56 Å². The number of benzene rings is 2. The molecule has 0 unspecified atom stereocenters. The Morgan fingerprint density at radius 1 is 1.08 bits per heavy atom. The van der Waals surface area contributed by atoms with Crippen molar-refractivity contribution >= 4 is 17.3 Å². The zero-order valence-corrected chi connectivity index (χ0v) is 14.5. The molecule has 0 atom stereocenters. The van der Waals surface area contributed by atoms with Gasteiger partial charge < -0.3 is 4.90 Å². The predicted octanol–water partition coefficient (Wildman–Crippen LogP) is 3.85. The van der Waals surface area contributed by atoms with Crippen LogP contribution in [0.25, 0.3) is 0 Å². The van der Waals surface area contributed by atoms with Crippen LogP contribution in [0.1, 0.15) is 34.8 Å². The molecule has 3 rings (SSSR count). The molecule has 0 aliphatic carbocycles. The first kappa shape index (κ1) is 16.2. The van der Waals surface area contributed by atoms with Crippen LogP contribution in [-0.2, 0) is 6.54 Å². The van der Waals surface area contributed by atoms with Gasteiger partial charge in [-0.3, -0.25) is 9.80 Å². The van der Waals surface area contributed by atoms with E-state index in [0.29, 0.717) is 12.1 Å². The molecule has 1 aliphatic heterocycles. The summed E-state index contributed by atoms with van der Waals surface area (Å²) < 4.78 is 0. The van der Waals surface area contributed by atoms with E-state index in [4.69, 9.17) is 0 Å². The van der Waals surface area contributed by atoms with Gasteiger partial charge in [0.05, 0.1) is 5.69 Å². The fourth-order valence-corrected chi connectivity index (χ4v) is 2.80. The molecule has 4 heteroatoms. The van der Waals surface area contributed by atoms with Crippen molar-refractivity contribution in [1.82, 2.24) is 4.90 Å². The lowest BCUT2D eigenvalue weighted by Crippen LogP contribution is -2.26. The maximum Gasteiger partial charge on any atom is 0.253 e. The molecule has 0 N–H and O–H groups in total. The Morgan fingerprint density at radius 2 is 1.75 bits per heavy atom. The molecule has 124 valence electrons. The number of carbonyl (C=O) groups is 1. The Balaban J connectivity index is 1.67. The zero-order chi connectivity index (χ0) is 17.1. The number of aryl methyl sites for hydroxylation is 1. The second kappa shape index (κ2) is 6.87. The molecule has 1 aliphatic rings. The lowest BCUT2D eigenvalue weighted by molar-refractivity contribution is 0.0785. The van der Waals surface area contributed by atoms with Crippen molar-refractivity contribution in [2.45, 2.75) is 26.8 Å². The van der Waals surface area contributed by atoms with Crippen LogP contribution in [0.2, 0.25) is 0 Å². The lowest BCUT2D eigenvalue weighted by Gasteiger charge is -2.18. The van der Waals surface area contributed by atoms with Crippen molar-refractivity contribution in [3.63, 3.8) is 0 Å². The van der Waals surface area contributed by atoms with E-state index in [0.717, 1.165) is 29.9 Å². The molecule has 2 aromatic rings. The molecule has 0 aromatic heterocycles.